The normalized spacial score (nSPS) is 11.6. The zero-order valence-corrected chi connectivity index (χ0v) is 15.9. The highest BCUT2D eigenvalue weighted by atomic mass is 32.1. The third kappa shape index (κ3) is 2.54. The maximum Gasteiger partial charge on any atom is 0.0587 e. The van der Waals surface area contributed by atoms with Gasteiger partial charge in [-0.05, 0) is 46.5 Å². The van der Waals surface area contributed by atoms with E-state index in [4.69, 9.17) is 11.5 Å². The molecule has 2 nitrogen and oxygen atoms in total. The van der Waals surface area contributed by atoms with Gasteiger partial charge in [0.2, 0.25) is 0 Å². The predicted octanol–water partition coefficient (Wildman–Crippen LogP) is 6.27. The van der Waals surface area contributed by atoms with Crippen LogP contribution in [-0.4, -0.2) is 0 Å². The minimum Gasteiger partial charge on any atom is -0.398 e. The first-order chi connectivity index (χ1) is 13.1. The fourth-order valence-electron chi connectivity index (χ4n) is 3.88. The van der Waals surface area contributed by atoms with E-state index in [1.165, 1.54) is 37.4 Å². The van der Waals surface area contributed by atoms with Gasteiger partial charge in [0.1, 0.15) is 0 Å². The third-order valence-electron chi connectivity index (χ3n) is 5.42. The molecule has 132 valence electrons. The van der Waals surface area contributed by atoms with Crippen LogP contribution in [0.1, 0.15) is 16.7 Å². The minimum absolute atomic E-state index is 0.832. The van der Waals surface area contributed by atoms with Gasteiger partial charge in [0.15, 0.2) is 0 Å². The van der Waals surface area contributed by atoms with Gasteiger partial charge in [-0.15, -0.1) is 11.3 Å². The molecular weight excluding hydrogens is 348 g/mol. The number of nitrogen functional groups attached to an aromatic ring is 2. The monoisotopic (exact) mass is 368 g/mol. The summed E-state index contributed by atoms with van der Waals surface area (Å²) in [6, 6.07) is 23.6. The van der Waals surface area contributed by atoms with Gasteiger partial charge < -0.3 is 11.5 Å². The van der Waals surface area contributed by atoms with Gasteiger partial charge in [-0.3, -0.25) is 0 Å². The maximum absolute atomic E-state index is 6.63. The van der Waals surface area contributed by atoms with Crippen molar-refractivity contribution >= 4 is 53.7 Å². The van der Waals surface area contributed by atoms with E-state index < -0.39 is 0 Å². The second-order valence-corrected chi connectivity index (χ2v) is 8.19. The fraction of sp³-hybridized carbons (Fsp3) is 0.0833. The topological polar surface area (TPSA) is 52.0 Å². The van der Waals surface area contributed by atoms with E-state index in [2.05, 4.69) is 73.7 Å². The maximum atomic E-state index is 6.63. The van der Waals surface area contributed by atoms with Crippen molar-refractivity contribution in [2.45, 2.75) is 13.3 Å². The van der Waals surface area contributed by atoms with Crippen molar-refractivity contribution in [2.75, 3.05) is 11.5 Å². The Balaban J connectivity index is 1.67. The van der Waals surface area contributed by atoms with Gasteiger partial charge >= 0.3 is 0 Å². The Labute approximate surface area is 162 Å². The van der Waals surface area contributed by atoms with Crippen molar-refractivity contribution in [3.05, 3.63) is 83.4 Å². The molecular formula is C24H20N2S. The molecule has 0 saturated carbocycles. The van der Waals surface area contributed by atoms with E-state index in [0.717, 1.165) is 28.1 Å². The number of hydrogen-bond donors (Lipinski definition) is 2. The SMILES string of the molecule is Cc1cc2c(cc1N)sc1c(N)c(Cc3cccc4ccccc34)ccc12. The van der Waals surface area contributed by atoms with E-state index in [1.54, 1.807) is 11.3 Å². The Hall–Kier alpha value is -3.04. The Bertz CT molecular complexity index is 1330. The summed E-state index contributed by atoms with van der Waals surface area (Å²) in [6.45, 7) is 2.05. The Morgan fingerprint density at radius 1 is 0.778 bits per heavy atom. The second-order valence-electron chi connectivity index (χ2n) is 7.14. The molecule has 0 fully saturated rings. The number of rotatable bonds is 2. The molecule has 0 atom stereocenters. The fourth-order valence-corrected chi connectivity index (χ4v) is 5.09. The Kier molecular flexibility index (Phi) is 3.59. The highest BCUT2D eigenvalue weighted by molar-refractivity contribution is 7.26. The van der Waals surface area contributed by atoms with Gasteiger partial charge in [0.05, 0.1) is 10.4 Å². The smallest absolute Gasteiger partial charge is 0.0587 e. The molecule has 5 aromatic rings. The predicted molar refractivity (Wildman–Crippen MR) is 120 cm³/mol. The van der Waals surface area contributed by atoms with Crippen molar-refractivity contribution in [2.24, 2.45) is 0 Å². The first-order valence-corrected chi connectivity index (χ1v) is 9.90. The van der Waals surface area contributed by atoms with Crippen LogP contribution in [0.15, 0.2) is 66.7 Å². The van der Waals surface area contributed by atoms with Crippen LogP contribution in [0.4, 0.5) is 11.4 Å². The van der Waals surface area contributed by atoms with Gasteiger partial charge in [0, 0.05) is 27.6 Å². The zero-order valence-electron chi connectivity index (χ0n) is 15.1. The van der Waals surface area contributed by atoms with Crippen LogP contribution in [0.5, 0.6) is 0 Å². The van der Waals surface area contributed by atoms with Crippen LogP contribution < -0.4 is 11.5 Å². The summed E-state index contributed by atoms with van der Waals surface area (Å²) >= 11 is 1.73. The molecule has 0 aliphatic carbocycles. The molecule has 0 radical (unpaired) electrons. The van der Waals surface area contributed by atoms with Crippen LogP contribution in [0.3, 0.4) is 0 Å². The van der Waals surface area contributed by atoms with Crippen LogP contribution >= 0.6 is 11.3 Å². The molecule has 0 amide bonds. The molecule has 0 unspecified atom stereocenters. The first-order valence-electron chi connectivity index (χ1n) is 9.08. The molecule has 1 aromatic heterocycles. The van der Waals surface area contributed by atoms with Gasteiger partial charge in [0.25, 0.3) is 0 Å². The molecule has 0 aliphatic heterocycles. The largest absolute Gasteiger partial charge is 0.398 e. The van der Waals surface area contributed by atoms with E-state index in [1.807, 2.05) is 0 Å². The molecule has 0 bridgehead atoms. The summed E-state index contributed by atoms with van der Waals surface area (Å²) in [7, 11) is 0. The molecule has 27 heavy (non-hydrogen) atoms. The molecule has 4 aromatic carbocycles. The van der Waals surface area contributed by atoms with Crippen molar-refractivity contribution in [3.63, 3.8) is 0 Å². The van der Waals surface area contributed by atoms with Crippen LogP contribution in [-0.2, 0) is 6.42 Å². The summed E-state index contributed by atoms with van der Waals surface area (Å²) < 4.78 is 2.36. The highest BCUT2D eigenvalue weighted by Crippen LogP contribution is 2.40. The standard InChI is InChI=1S/C24H20N2S/c1-14-11-20-19-10-9-17(23(26)24(19)27-22(20)13-21(14)25)12-16-7-4-6-15-5-2-3-8-18(15)16/h2-11,13H,12,25-26H2,1H3. The lowest BCUT2D eigenvalue weighted by molar-refractivity contribution is 1.23. The summed E-state index contributed by atoms with van der Waals surface area (Å²) in [5.74, 6) is 0. The van der Waals surface area contributed by atoms with Crippen LogP contribution in [0.2, 0.25) is 0 Å². The first kappa shape index (κ1) is 16.2. The molecule has 0 aliphatic rings. The van der Waals surface area contributed by atoms with Crippen molar-refractivity contribution in [3.8, 4) is 0 Å². The van der Waals surface area contributed by atoms with E-state index in [9.17, 15) is 0 Å². The molecule has 3 heteroatoms. The van der Waals surface area contributed by atoms with Gasteiger partial charge in [-0.1, -0.05) is 54.6 Å². The van der Waals surface area contributed by atoms with E-state index in [0.29, 0.717) is 0 Å². The summed E-state index contributed by atoms with van der Waals surface area (Å²) in [5, 5.41) is 5.02. The molecule has 1 heterocycles. The second kappa shape index (κ2) is 6.00. The molecule has 0 spiro atoms. The Morgan fingerprint density at radius 3 is 2.48 bits per heavy atom. The number of aryl methyl sites for hydroxylation is 1. The molecule has 0 saturated heterocycles. The van der Waals surface area contributed by atoms with Gasteiger partial charge in [-0.2, -0.15) is 0 Å². The van der Waals surface area contributed by atoms with E-state index >= 15 is 0 Å². The lowest BCUT2D eigenvalue weighted by Gasteiger charge is -2.10. The third-order valence-corrected chi connectivity index (χ3v) is 6.62. The summed E-state index contributed by atoms with van der Waals surface area (Å²) in [6.07, 6.45) is 0.832. The van der Waals surface area contributed by atoms with E-state index in [-0.39, 0.29) is 0 Å². The number of thiophene rings is 1. The number of hydrogen-bond acceptors (Lipinski definition) is 3. The van der Waals surface area contributed by atoms with Crippen molar-refractivity contribution in [1.29, 1.82) is 0 Å². The molecule has 5 rings (SSSR count). The number of anilines is 2. The lowest BCUT2D eigenvalue weighted by atomic mass is 9.96. The summed E-state index contributed by atoms with van der Waals surface area (Å²) in [4.78, 5) is 0. The highest BCUT2D eigenvalue weighted by Gasteiger charge is 2.13. The number of benzene rings is 4. The van der Waals surface area contributed by atoms with Crippen molar-refractivity contribution in [1.82, 2.24) is 0 Å². The lowest BCUT2D eigenvalue weighted by Crippen LogP contribution is -1.96. The number of fused-ring (bicyclic) bond motifs is 4. The van der Waals surface area contributed by atoms with Crippen LogP contribution in [0, 0.1) is 6.92 Å². The van der Waals surface area contributed by atoms with Crippen molar-refractivity contribution < 1.29 is 0 Å². The summed E-state index contributed by atoms with van der Waals surface area (Å²) in [5.41, 5.74) is 18.1. The average Bonchev–Trinajstić information content (AvgIpc) is 3.03. The Morgan fingerprint density at radius 2 is 1.59 bits per heavy atom. The number of nitrogens with two attached hydrogens (primary N) is 2. The minimum atomic E-state index is 0.832. The zero-order chi connectivity index (χ0) is 18.5. The average molecular weight is 369 g/mol. The van der Waals surface area contributed by atoms with Crippen LogP contribution in [0.25, 0.3) is 30.9 Å². The van der Waals surface area contributed by atoms with Gasteiger partial charge in [-0.25, -0.2) is 0 Å². The quantitative estimate of drug-likeness (QED) is 0.361. The molecule has 4 N–H and O–H groups in total.